The highest BCUT2D eigenvalue weighted by molar-refractivity contribution is 7.09. The van der Waals surface area contributed by atoms with Gasteiger partial charge in [-0.15, -0.1) is 0 Å². The molecule has 0 radical (unpaired) electrons. The Hall–Kier alpha value is -0.640. The van der Waals surface area contributed by atoms with Crippen LogP contribution in [0.25, 0.3) is 0 Å². The predicted octanol–water partition coefficient (Wildman–Crippen LogP) is 1.85. The lowest BCUT2D eigenvalue weighted by Gasteiger charge is -2.21. The van der Waals surface area contributed by atoms with Gasteiger partial charge in [-0.05, 0) is 12.8 Å². The van der Waals surface area contributed by atoms with E-state index < -0.39 is 0 Å². The van der Waals surface area contributed by atoms with Crippen LogP contribution in [-0.2, 0) is 0 Å². The number of hydrogen-bond acceptors (Lipinski definition) is 4. The quantitative estimate of drug-likeness (QED) is 0.734. The largest absolute Gasteiger partial charge is 0.363 e. The molecule has 1 heterocycles. The molecule has 0 spiro atoms. The third kappa shape index (κ3) is 1.22. The van der Waals surface area contributed by atoms with Crippen molar-refractivity contribution < 1.29 is 0 Å². The summed E-state index contributed by atoms with van der Waals surface area (Å²) in [5.74, 6) is 1.71. The van der Waals surface area contributed by atoms with E-state index in [0.29, 0.717) is 5.92 Å². The molecular formula is C7H11N3S. The van der Waals surface area contributed by atoms with E-state index >= 15 is 0 Å². The van der Waals surface area contributed by atoms with Gasteiger partial charge >= 0.3 is 0 Å². The highest BCUT2D eigenvalue weighted by atomic mass is 32.1. The van der Waals surface area contributed by atoms with Gasteiger partial charge in [0.1, 0.15) is 5.82 Å². The van der Waals surface area contributed by atoms with Crippen molar-refractivity contribution in [3.05, 3.63) is 5.82 Å². The molecule has 1 N–H and O–H groups in total. The van der Waals surface area contributed by atoms with Crippen LogP contribution in [0.3, 0.4) is 0 Å². The molecule has 3 nitrogen and oxygen atoms in total. The molecule has 11 heavy (non-hydrogen) atoms. The van der Waals surface area contributed by atoms with Crippen molar-refractivity contribution in [1.29, 1.82) is 0 Å². The number of rotatable bonds is 2. The molecule has 0 unspecified atom stereocenters. The van der Waals surface area contributed by atoms with E-state index in [9.17, 15) is 0 Å². The fraction of sp³-hybridized carbons (Fsp3) is 0.714. The van der Waals surface area contributed by atoms with Gasteiger partial charge < -0.3 is 5.32 Å². The number of nitrogens with one attached hydrogen (secondary N) is 1. The van der Waals surface area contributed by atoms with Gasteiger partial charge in [0, 0.05) is 24.5 Å². The predicted molar refractivity (Wildman–Crippen MR) is 46.0 cm³/mol. The van der Waals surface area contributed by atoms with Gasteiger partial charge in [0.25, 0.3) is 0 Å². The molecule has 0 aromatic carbocycles. The van der Waals surface area contributed by atoms with Gasteiger partial charge in [-0.25, -0.2) is 4.98 Å². The van der Waals surface area contributed by atoms with E-state index in [4.69, 9.17) is 0 Å². The monoisotopic (exact) mass is 169 g/mol. The Labute approximate surface area is 70.0 Å². The van der Waals surface area contributed by atoms with Crippen LogP contribution in [0.5, 0.6) is 0 Å². The van der Waals surface area contributed by atoms with Crippen LogP contribution < -0.4 is 5.32 Å². The molecule has 4 heteroatoms. The average molecular weight is 169 g/mol. The molecule has 1 aliphatic rings. The van der Waals surface area contributed by atoms with Crippen molar-refractivity contribution in [1.82, 2.24) is 9.36 Å². The van der Waals surface area contributed by atoms with Gasteiger partial charge in [-0.1, -0.05) is 6.42 Å². The Balaban J connectivity index is 2.11. The molecule has 0 atom stereocenters. The third-order valence-electron chi connectivity index (χ3n) is 2.13. The molecule has 0 amide bonds. The summed E-state index contributed by atoms with van der Waals surface area (Å²) in [6, 6.07) is 0. The van der Waals surface area contributed by atoms with E-state index in [2.05, 4.69) is 14.7 Å². The van der Waals surface area contributed by atoms with Gasteiger partial charge in [-0.3, -0.25) is 0 Å². The summed E-state index contributed by atoms with van der Waals surface area (Å²) in [5, 5.41) is 3.93. The van der Waals surface area contributed by atoms with Gasteiger partial charge in [-0.2, -0.15) is 4.37 Å². The minimum atomic E-state index is 0.661. The summed E-state index contributed by atoms with van der Waals surface area (Å²) in [7, 11) is 1.88. The van der Waals surface area contributed by atoms with Crippen molar-refractivity contribution in [3.63, 3.8) is 0 Å². The summed E-state index contributed by atoms with van der Waals surface area (Å²) >= 11 is 1.45. The maximum atomic E-state index is 4.35. The van der Waals surface area contributed by atoms with Crippen LogP contribution in [0.15, 0.2) is 0 Å². The Morgan fingerprint density at radius 2 is 2.36 bits per heavy atom. The summed E-state index contributed by atoms with van der Waals surface area (Å²) in [4.78, 5) is 4.35. The smallest absolute Gasteiger partial charge is 0.202 e. The van der Waals surface area contributed by atoms with Crippen molar-refractivity contribution in [3.8, 4) is 0 Å². The summed E-state index contributed by atoms with van der Waals surface area (Å²) in [6.45, 7) is 0. The Kier molecular flexibility index (Phi) is 1.77. The SMILES string of the molecule is CNc1nc(C2CCC2)ns1. The first-order valence-corrected chi connectivity index (χ1v) is 4.69. The van der Waals surface area contributed by atoms with Crippen LogP contribution in [0.4, 0.5) is 5.13 Å². The molecule has 1 fully saturated rings. The van der Waals surface area contributed by atoms with Crippen LogP contribution in [0.2, 0.25) is 0 Å². The summed E-state index contributed by atoms with van der Waals surface area (Å²) < 4.78 is 4.28. The molecule has 0 bridgehead atoms. The molecule has 2 rings (SSSR count). The van der Waals surface area contributed by atoms with E-state index in [1.807, 2.05) is 7.05 Å². The first-order valence-electron chi connectivity index (χ1n) is 3.91. The molecule has 0 aliphatic heterocycles. The van der Waals surface area contributed by atoms with Crippen molar-refractivity contribution >= 4 is 16.7 Å². The second kappa shape index (κ2) is 2.77. The first-order chi connectivity index (χ1) is 5.40. The fourth-order valence-electron chi connectivity index (χ4n) is 1.17. The van der Waals surface area contributed by atoms with Crippen molar-refractivity contribution in [2.45, 2.75) is 25.2 Å². The molecular weight excluding hydrogens is 158 g/mol. The van der Waals surface area contributed by atoms with Gasteiger partial charge in [0.05, 0.1) is 0 Å². The highest BCUT2D eigenvalue weighted by Gasteiger charge is 2.23. The fourth-order valence-corrected chi connectivity index (χ4v) is 1.76. The minimum Gasteiger partial charge on any atom is -0.363 e. The van der Waals surface area contributed by atoms with E-state index in [1.54, 1.807) is 0 Å². The van der Waals surface area contributed by atoms with Crippen LogP contribution in [0, 0.1) is 0 Å². The van der Waals surface area contributed by atoms with Gasteiger partial charge in [0.2, 0.25) is 5.13 Å². The van der Waals surface area contributed by atoms with Crippen LogP contribution >= 0.6 is 11.5 Å². The molecule has 1 aliphatic carbocycles. The molecule has 0 saturated heterocycles. The van der Waals surface area contributed by atoms with E-state index in [1.165, 1.54) is 30.8 Å². The number of nitrogens with zero attached hydrogens (tertiary/aromatic N) is 2. The normalized spacial score (nSPS) is 17.9. The van der Waals surface area contributed by atoms with E-state index in [-0.39, 0.29) is 0 Å². The lowest BCUT2D eigenvalue weighted by molar-refractivity contribution is 0.405. The maximum absolute atomic E-state index is 4.35. The third-order valence-corrected chi connectivity index (χ3v) is 2.87. The van der Waals surface area contributed by atoms with E-state index in [0.717, 1.165) is 11.0 Å². The Morgan fingerprint density at radius 3 is 2.82 bits per heavy atom. The highest BCUT2D eigenvalue weighted by Crippen LogP contribution is 2.35. The van der Waals surface area contributed by atoms with Gasteiger partial charge in [0.15, 0.2) is 0 Å². The maximum Gasteiger partial charge on any atom is 0.202 e. The zero-order valence-corrected chi connectivity index (χ0v) is 7.32. The average Bonchev–Trinajstić information content (AvgIpc) is 2.32. The summed E-state index contributed by atoms with van der Waals surface area (Å²) in [5.41, 5.74) is 0. The first kappa shape index (κ1) is 7.03. The molecule has 1 saturated carbocycles. The Morgan fingerprint density at radius 1 is 1.55 bits per heavy atom. The zero-order valence-electron chi connectivity index (χ0n) is 6.50. The number of hydrogen-bond donors (Lipinski definition) is 1. The van der Waals surface area contributed by atoms with Crippen LogP contribution in [0.1, 0.15) is 31.0 Å². The van der Waals surface area contributed by atoms with Crippen molar-refractivity contribution in [2.75, 3.05) is 12.4 Å². The lowest BCUT2D eigenvalue weighted by atomic mass is 9.85. The van der Waals surface area contributed by atoms with Crippen LogP contribution in [-0.4, -0.2) is 16.4 Å². The summed E-state index contributed by atoms with van der Waals surface area (Å²) in [6.07, 6.45) is 3.90. The Bertz CT molecular complexity index is 242. The lowest BCUT2D eigenvalue weighted by Crippen LogP contribution is -2.10. The second-order valence-corrected chi connectivity index (χ2v) is 3.59. The minimum absolute atomic E-state index is 0.661. The molecule has 60 valence electrons. The number of anilines is 1. The topological polar surface area (TPSA) is 37.8 Å². The van der Waals surface area contributed by atoms with Crippen molar-refractivity contribution in [2.24, 2.45) is 0 Å². The second-order valence-electron chi connectivity index (χ2n) is 2.84. The number of aromatic nitrogens is 2. The molecule has 1 aromatic heterocycles. The molecule has 1 aromatic rings. The zero-order chi connectivity index (χ0) is 7.68. The standard InChI is InChI=1S/C7H11N3S/c1-8-7-9-6(10-11-7)5-3-2-4-5/h5H,2-4H2,1H3,(H,8,9,10).